The fraction of sp³-hybridized carbons (Fsp3) is 0.674. The topological polar surface area (TPSA) is 79.3 Å². The molecule has 7 nitrogen and oxygen atoms in total. The van der Waals surface area contributed by atoms with E-state index < -0.39 is 0 Å². The normalized spacial score (nSPS) is 31.1. The molecular formula is C43H58N2O5. The molecule has 2 aliphatic heterocycles. The highest BCUT2D eigenvalue weighted by Crippen LogP contribution is 2.64. The molecule has 4 aliphatic carbocycles. The van der Waals surface area contributed by atoms with E-state index in [-0.39, 0.29) is 29.6 Å². The lowest BCUT2D eigenvalue weighted by Crippen LogP contribution is -2.69. The third-order valence-electron chi connectivity index (χ3n) is 13.6. The zero-order valence-corrected chi connectivity index (χ0v) is 30.2. The van der Waals surface area contributed by atoms with E-state index in [1.165, 1.54) is 62.1 Å². The number of piperidine rings is 1. The second-order valence-corrected chi connectivity index (χ2v) is 16.7. The second kappa shape index (κ2) is 14.6. The van der Waals surface area contributed by atoms with Crippen LogP contribution in [0.2, 0.25) is 0 Å². The van der Waals surface area contributed by atoms with Crippen LogP contribution in [0.25, 0.3) is 0 Å². The summed E-state index contributed by atoms with van der Waals surface area (Å²) < 4.78 is 13.0. The smallest absolute Gasteiger partial charge is 0.308 e. The van der Waals surface area contributed by atoms with E-state index in [0.717, 1.165) is 95.5 Å². The highest BCUT2D eigenvalue weighted by Gasteiger charge is 2.67. The first kappa shape index (κ1) is 34.2. The average Bonchev–Trinajstić information content (AvgIpc) is 3.71. The molecule has 7 heteroatoms. The third kappa shape index (κ3) is 6.62. The van der Waals surface area contributed by atoms with Gasteiger partial charge in [-0.3, -0.25) is 14.5 Å². The standard InChI is InChI=1S/C43H58N2O5/c1-29(46)49-38-22-19-32-26-36-34-20-21-35(42-43(34,40(32)41(38)50-42)23-25-44(36)28-33-27-37(33)47)45(24-11-10-17-31-14-6-3-7-15-31)39(48)18-9-8-16-30-12-4-2-5-13-30/h3,6-7,14-15,19,22,30,33-37,42,47H,2,4-5,8-13,16-18,20-21,23-28H2,1H3/t33?,34-,35+,36+,37?,42-,43-/m0/s1. The van der Waals surface area contributed by atoms with Crippen LogP contribution in [0.15, 0.2) is 42.5 Å². The summed E-state index contributed by atoms with van der Waals surface area (Å²) in [6, 6.07) is 15.2. The molecule has 3 saturated carbocycles. The average molecular weight is 683 g/mol. The molecule has 2 heterocycles. The molecule has 270 valence electrons. The fourth-order valence-electron chi connectivity index (χ4n) is 11.2. The van der Waals surface area contributed by atoms with Gasteiger partial charge in [0.2, 0.25) is 5.91 Å². The van der Waals surface area contributed by atoms with Crippen molar-refractivity contribution < 1.29 is 24.2 Å². The molecule has 50 heavy (non-hydrogen) atoms. The van der Waals surface area contributed by atoms with Crippen LogP contribution in [0.5, 0.6) is 11.5 Å². The SMILES string of the molecule is CC(=O)Oc1ccc2c3c1O[C@H]1[C@H](N(CCCCc4ccccc4)C(=O)CCCCC4CCCCC4)CC[C@H]4[C@@H](C2)N(CC2CC2O)CC[C@@]341. The third-order valence-corrected chi connectivity index (χ3v) is 13.6. The summed E-state index contributed by atoms with van der Waals surface area (Å²) in [6.07, 6.45) is 18.4. The molecule has 2 bridgehead atoms. The zero-order valence-electron chi connectivity index (χ0n) is 30.2. The van der Waals surface area contributed by atoms with Crippen molar-refractivity contribution in [2.75, 3.05) is 19.6 Å². The van der Waals surface area contributed by atoms with Gasteiger partial charge in [0, 0.05) is 49.4 Å². The van der Waals surface area contributed by atoms with Gasteiger partial charge in [-0.2, -0.15) is 0 Å². The maximum atomic E-state index is 14.4. The summed E-state index contributed by atoms with van der Waals surface area (Å²) in [7, 11) is 0. The minimum absolute atomic E-state index is 0.00481. The van der Waals surface area contributed by atoms with Crippen LogP contribution < -0.4 is 9.47 Å². The predicted molar refractivity (Wildman–Crippen MR) is 194 cm³/mol. The summed E-state index contributed by atoms with van der Waals surface area (Å²) >= 11 is 0. The van der Waals surface area contributed by atoms with Gasteiger partial charge in [-0.1, -0.05) is 81.3 Å². The molecule has 2 aromatic carbocycles. The highest BCUT2D eigenvalue weighted by atomic mass is 16.6. The lowest BCUT2D eigenvalue weighted by molar-refractivity contribution is -0.143. The van der Waals surface area contributed by atoms with Gasteiger partial charge in [-0.15, -0.1) is 0 Å². The number of esters is 1. The number of unbranched alkanes of at least 4 members (excludes halogenated alkanes) is 2. The molecule has 6 aliphatic rings. The molecule has 2 unspecified atom stereocenters. The second-order valence-electron chi connectivity index (χ2n) is 16.7. The quantitative estimate of drug-likeness (QED) is 0.127. The van der Waals surface area contributed by atoms with Gasteiger partial charge in [-0.05, 0) is 93.4 Å². The van der Waals surface area contributed by atoms with Crippen LogP contribution in [0.3, 0.4) is 0 Å². The minimum atomic E-state index is -0.333. The van der Waals surface area contributed by atoms with E-state index in [1.807, 2.05) is 6.07 Å². The molecule has 8 rings (SSSR count). The maximum Gasteiger partial charge on any atom is 0.308 e. The molecule has 1 N–H and O–H groups in total. The Kier molecular flexibility index (Phi) is 10.00. The number of aryl methyl sites for hydroxylation is 1. The summed E-state index contributed by atoms with van der Waals surface area (Å²) in [5, 5.41) is 10.2. The van der Waals surface area contributed by atoms with Gasteiger partial charge in [0.1, 0.15) is 6.10 Å². The number of likely N-dealkylation sites (tertiary alicyclic amines) is 1. The van der Waals surface area contributed by atoms with Crippen LogP contribution in [0.4, 0.5) is 0 Å². The Morgan fingerprint density at radius 3 is 2.60 bits per heavy atom. The van der Waals surface area contributed by atoms with E-state index in [4.69, 9.17) is 9.47 Å². The molecule has 0 radical (unpaired) electrons. The van der Waals surface area contributed by atoms with Gasteiger partial charge in [-0.25, -0.2) is 0 Å². The van der Waals surface area contributed by atoms with Crippen LogP contribution in [-0.4, -0.2) is 70.7 Å². The molecule has 1 amide bonds. The Balaban J connectivity index is 1.06. The fourth-order valence-corrected chi connectivity index (χ4v) is 11.2. The summed E-state index contributed by atoms with van der Waals surface area (Å²) in [5.41, 5.74) is 3.73. The minimum Gasteiger partial charge on any atom is -0.483 e. The monoisotopic (exact) mass is 682 g/mol. The van der Waals surface area contributed by atoms with Crippen molar-refractivity contribution in [2.45, 2.75) is 146 Å². The summed E-state index contributed by atoms with van der Waals surface area (Å²) in [5.74, 6) is 2.90. The molecular weight excluding hydrogens is 624 g/mol. The van der Waals surface area contributed by atoms with Crippen LogP contribution in [0.1, 0.15) is 120 Å². The number of benzene rings is 2. The Labute approximate surface area is 299 Å². The Morgan fingerprint density at radius 1 is 1.00 bits per heavy atom. The number of aliphatic hydroxyl groups excluding tert-OH is 1. The van der Waals surface area contributed by atoms with E-state index in [1.54, 1.807) is 0 Å². The van der Waals surface area contributed by atoms with E-state index in [2.05, 4.69) is 46.2 Å². The number of aliphatic hydroxyl groups is 1. The maximum absolute atomic E-state index is 14.4. The number of amides is 1. The van der Waals surface area contributed by atoms with Gasteiger partial charge in [0.25, 0.3) is 0 Å². The number of carbonyl (C=O) groups is 2. The number of carbonyl (C=O) groups excluding carboxylic acids is 2. The lowest BCUT2D eigenvalue weighted by atomic mass is 9.51. The van der Waals surface area contributed by atoms with Crippen molar-refractivity contribution in [1.82, 2.24) is 9.80 Å². The van der Waals surface area contributed by atoms with Crippen LogP contribution in [0, 0.1) is 17.8 Å². The highest BCUT2D eigenvalue weighted by molar-refractivity contribution is 5.77. The number of ether oxygens (including phenoxy) is 2. The van der Waals surface area contributed by atoms with E-state index >= 15 is 0 Å². The number of nitrogens with zero attached hydrogens (tertiary/aromatic N) is 2. The van der Waals surface area contributed by atoms with Crippen LogP contribution in [-0.2, 0) is 27.8 Å². The van der Waals surface area contributed by atoms with E-state index in [9.17, 15) is 14.7 Å². The van der Waals surface area contributed by atoms with E-state index in [0.29, 0.717) is 36.0 Å². The van der Waals surface area contributed by atoms with Crippen molar-refractivity contribution in [3.05, 3.63) is 59.2 Å². The molecule has 4 fully saturated rings. The molecule has 7 atom stereocenters. The Hall–Kier alpha value is -2.90. The first-order valence-electron chi connectivity index (χ1n) is 20.2. The Bertz CT molecular complexity index is 1520. The number of hydrogen-bond acceptors (Lipinski definition) is 6. The predicted octanol–water partition coefficient (Wildman–Crippen LogP) is 7.39. The largest absolute Gasteiger partial charge is 0.483 e. The number of hydrogen-bond donors (Lipinski definition) is 1. The lowest BCUT2D eigenvalue weighted by Gasteiger charge is -2.60. The van der Waals surface area contributed by atoms with Gasteiger partial charge < -0.3 is 19.5 Å². The Morgan fingerprint density at radius 2 is 1.82 bits per heavy atom. The molecule has 0 aromatic heterocycles. The summed E-state index contributed by atoms with van der Waals surface area (Å²) in [6.45, 7) is 4.16. The number of rotatable bonds is 14. The van der Waals surface area contributed by atoms with Gasteiger partial charge in [0.15, 0.2) is 11.5 Å². The first-order valence-corrected chi connectivity index (χ1v) is 20.2. The van der Waals surface area contributed by atoms with Gasteiger partial charge >= 0.3 is 5.97 Å². The van der Waals surface area contributed by atoms with Crippen molar-refractivity contribution in [3.63, 3.8) is 0 Å². The first-order chi connectivity index (χ1) is 24.4. The van der Waals surface area contributed by atoms with Crippen molar-refractivity contribution in [1.29, 1.82) is 0 Å². The van der Waals surface area contributed by atoms with Crippen molar-refractivity contribution in [3.8, 4) is 11.5 Å². The summed E-state index contributed by atoms with van der Waals surface area (Å²) in [4.78, 5) is 31.6. The molecule has 2 aromatic rings. The molecule has 1 saturated heterocycles. The zero-order chi connectivity index (χ0) is 34.2. The molecule has 1 spiro atoms. The van der Waals surface area contributed by atoms with Crippen LogP contribution >= 0.6 is 0 Å². The van der Waals surface area contributed by atoms with Crippen molar-refractivity contribution in [2.24, 2.45) is 17.8 Å². The van der Waals surface area contributed by atoms with Gasteiger partial charge in [0.05, 0.1) is 12.1 Å². The van der Waals surface area contributed by atoms with Crippen molar-refractivity contribution >= 4 is 11.9 Å².